The molecular weight excluding hydrogens is 813 g/mol. The molecule has 2 saturated heterocycles. The number of benzene rings is 3. The van der Waals surface area contributed by atoms with E-state index in [0.29, 0.717) is 51.4 Å². The molecule has 2 fully saturated rings. The molecular formula is C42H47ClIN7O3. The van der Waals surface area contributed by atoms with Crippen molar-refractivity contribution >= 4 is 62.4 Å². The molecule has 1 amide bonds. The molecule has 12 heteroatoms. The number of fused-ring (bicyclic) bond motifs is 2. The van der Waals surface area contributed by atoms with E-state index in [1.165, 1.54) is 15.2 Å². The Hall–Kier alpha value is -3.96. The minimum Gasteiger partial charge on any atom is -0.462 e. The van der Waals surface area contributed by atoms with Crippen LogP contribution in [0.5, 0.6) is 6.01 Å². The van der Waals surface area contributed by atoms with E-state index in [1.54, 1.807) is 4.90 Å². The number of hydrogen-bond donors (Lipinski definition) is 0. The Morgan fingerprint density at radius 2 is 1.89 bits per heavy atom. The predicted molar refractivity (Wildman–Crippen MR) is 222 cm³/mol. The zero-order valence-corrected chi connectivity index (χ0v) is 33.6. The van der Waals surface area contributed by atoms with E-state index in [2.05, 4.69) is 98.5 Å². The van der Waals surface area contributed by atoms with Gasteiger partial charge in [0.25, 0.3) is 0 Å². The van der Waals surface area contributed by atoms with Crippen molar-refractivity contribution in [2.45, 2.75) is 63.8 Å². The molecule has 10 nitrogen and oxygen atoms in total. The molecule has 0 spiro atoms. The minimum atomic E-state index is -0.262. The number of carbonyl (C=O) groups is 1. The van der Waals surface area contributed by atoms with Crippen molar-refractivity contribution in [1.29, 1.82) is 5.26 Å². The van der Waals surface area contributed by atoms with Gasteiger partial charge in [0.1, 0.15) is 12.4 Å². The van der Waals surface area contributed by atoms with Gasteiger partial charge in [-0.05, 0) is 109 Å². The first-order chi connectivity index (χ1) is 26.4. The van der Waals surface area contributed by atoms with Crippen LogP contribution in [-0.4, -0.2) is 90.2 Å². The van der Waals surface area contributed by atoms with Crippen LogP contribution in [0.2, 0.25) is 5.02 Å². The van der Waals surface area contributed by atoms with Gasteiger partial charge in [-0.3, -0.25) is 9.69 Å². The van der Waals surface area contributed by atoms with E-state index >= 15 is 0 Å². The largest absolute Gasteiger partial charge is 0.462 e. The monoisotopic (exact) mass is 859 g/mol. The number of likely N-dealkylation sites (tertiary alicyclic amines) is 1. The Bertz CT molecular complexity index is 2000. The Morgan fingerprint density at radius 1 is 1.04 bits per heavy atom. The van der Waals surface area contributed by atoms with Gasteiger partial charge < -0.3 is 24.2 Å². The van der Waals surface area contributed by atoms with Gasteiger partial charge in [0.2, 0.25) is 5.91 Å². The number of anilines is 2. The number of nitrogens with zero attached hydrogens (tertiary/aromatic N) is 7. The summed E-state index contributed by atoms with van der Waals surface area (Å²) in [5, 5.41) is 12.5. The van der Waals surface area contributed by atoms with Gasteiger partial charge >= 0.3 is 6.01 Å². The molecule has 1 aromatic heterocycles. The number of rotatable bonds is 14. The Morgan fingerprint density at radius 3 is 2.72 bits per heavy atom. The smallest absolute Gasteiger partial charge is 0.318 e. The number of amides is 1. The van der Waals surface area contributed by atoms with Crippen molar-refractivity contribution in [3.63, 3.8) is 0 Å². The second kappa shape index (κ2) is 18.1. The summed E-state index contributed by atoms with van der Waals surface area (Å²) in [6, 6.07) is 23.5. The lowest BCUT2D eigenvalue weighted by Crippen LogP contribution is -2.55. The van der Waals surface area contributed by atoms with E-state index < -0.39 is 0 Å². The third kappa shape index (κ3) is 8.94. The fourth-order valence-electron chi connectivity index (χ4n) is 8.08. The Kier molecular flexibility index (Phi) is 12.9. The third-order valence-electron chi connectivity index (χ3n) is 10.8. The summed E-state index contributed by atoms with van der Waals surface area (Å²) in [7, 11) is 0. The topological polar surface area (TPSA) is 98.1 Å². The molecule has 0 N–H and O–H groups in total. The highest BCUT2D eigenvalue weighted by Gasteiger charge is 2.34. The average molecular weight is 860 g/mol. The number of ether oxygens (including phenoxy) is 2. The lowest BCUT2D eigenvalue weighted by atomic mass is 10.0. The van der Waals surface area contributed by atoms with E-state index in [4.69, 9.17) is 31.0 Å². The summed E-state index contributed by atoms with van der Waals surface area (Å²) in [6.45, 7) is 10.6. The third-order valence-corrected chi connectivity index (χ3v) is 11.8. The van der Waals surface area contributed by atoms with Crippen molar-refractivity contribution in [1.82, 2.24) is 19.8 Å². The molecule has 3 aliphatic heterocycles. The Balaban J connectivity index is 1.06. The normalized spacial score (nSPS) is 18.8. The van der Waals surface area contributed by atoms with Gasteiger partial charge in [-0.1, -0.05) is 54.6 Å². The molecule has 2 atom stereocenters. The van der Waals surface area contributed by atoms with Gasteiger partial charge in [0.15, 0.2) is 0 Å². The second-order valence-corrected chi connectivity index (χ2v) is 15.9. The van der Waals surface area contributed by atoms with Crippen molar-refractivity contribution in [3.05, 3.63) is 98.7 Å². The first-order valence-electron chi connectivity index (χ1n) is 19.0. The van der Waals surface area contributed by atoms with Crippen LogP contribution >= 0.6 is 34.2 Å². The molecule has 3 aromatic carbocycles. The van der Waals surface area contributed by atoms with E-state index in [9.17, 15) is 10.1 Å². The second-order valence-electron chi connectivity index (χ2n) is 14.3. The SMILES string of the molecule is C=CC(=O)N1CCN(c2nc(OC[C@@H]3CCCN3CCCCOCc3cccc(I)c3)nc3c2CCN(c2cccc4cccc(Cl)c24)C3)C[C@@H]1CC#N. The molecule has 0 saturated carbocycles. The molecule has 4 heterocycles. The summed E-state index contributed by atoms with van der Waals surface area (Å²) in [4.78, 5) is 31.7. The van der Waals surface area contributed by atoms with Gasteiger partial charge in [0, 0.05) is 59.0 Å². The zero-order chi connectivity index (χ0) is 37.4. The molecule has 0 radical (unpaired) electrons. The summed E-state index contributed by atoms with van der Waals surface area (Å²) in [6.07, 6.45) is 6.61. The van der Waals surface area contributed by atoms with Crippen LogP contribution in [0.15, 0.2) is 73.3 Å². The first kappa shape index (κ1) is 38.3. The van der Waals surface area contributed by atoms with Gasteiger partial charge in [-0.2, -0.15) is 15.2 Å². The van der Waals surface area contributed by atoms with Crippen LogP contribution in [0.4, 0.5) is 11.5 Å². The highest BCUT2D eigenvalue weighted by molar-refractivity contribution is 14.1. The zero-order valence-electron chi connectivity index (χ0n) is 30.6. The first-order valence-corrected chi connectivity index (χ1v) is 20.4. The fraction of sp³-hybridized carbons (Fsp3) is 0.429. The molecule has 0 unspecified atom stereocenters. The summed E-state index contributed by atoms with van der Waals surface area (Å²) in [5.41, 5.74) is 4.32. The van der Waals surface area contributed by atoms with Crippen LogP contribution in [0.3, 0.4) is 0 Å². The van der Waals surface area contributed by atoms with Gasteiger partial charge in [-0.25, -0.2) is 0 Å². The molecule has 0 bridgehead atoms. The van der Waals surface area contributed by atoms with E-state index in [1.807, 2.05) is 12.1 Å². The molecule has 7 rings (SSSR count). The van der Waals surface area contributed by atoms with Crippen LogP contribution in [-0.2, 0) is 29.1 Å². The number of halogens is 2. The molecule has 0 aliphatic carbocycles. The van der Waals surface area contributed by atoms with Crippen molar-refractivity contribution < 1.29 is 14.3 Å². The standard InChI is InChI=1S/C42H47ClIN7O3/c1-2-39(52)51-23-22-50(26-33(51)16-18-45)41-35-17-21-49(38-15-7-11-31-10-6-14-36(43)40(31)38)27-37(35)46-42(47-41)54-29-34-13-8-20-48(34)19-3-4-24-53-28-30-9-5-12-32(44)25-30/h2,5-7,9-12,14-15,25,33-34H,1,3-4,8,13,16-17,19-24,26-29H2/t33-,34-/m0/s1. The highest BCUT2D eigenvalue weighted by Crippen LogP contribution is 2.37. The quantitative estimate of drug-likeness (QED) is 0.0730. The highest BCUT2D eigenvalue weighted by atomic mass is 127. The summed E-state index contributed by atoms with van der Waals surface area (Å²) in [5.74, 6) is 0.691. The molecule has 3 aliphatic rings. The lowest BCUT2D eigenvalue weighted by molar-refractivity contribution is -0.128. The number of hydrogen-bond acceptors (Lipinski definition) is 9. The average Bonchev–Trinajstić information content (AvgIpc) is 3.64. The molecule has 282 valence electrons. The fourth-order valence-corrected chi connectivity index (χ4v) is 8.97. The minimum absolute atomic E-state index is 0.149. The van der Waals surface area contributed by atoms with Gasteiger partial charge in [-0.15, -0.1) is 0 Å². The number of carbonyl (C=O) groups excluding carboxylic acids is 1. The van der Waals surface area contributed by atoms with Crippen LogP contribution in [0.25, 0.3) is 10.8 Å². The maximum Gasteiger partial charge on any atom is 0.318 e. The summed E-state index contributed by atoms with van der Waals surface area (Å²) < 4.78 is 13.7. The Labute approximate surface area is 336 Å². The number of unbranched alkanes of at least 4 members (excludes halogenated alkanes) is 1. The maximum absolute atomic E-state index is 12.7. The van der Waals surface area contributed by atoms with Crippen molar-refractivity contribution in [2.75, 3.05) is 62.3 Å². The van der Waals surface area contributed by atoms with E-state index in [0.717, 1.165) is 96.9 Å². The van der Waals surface area contributed by atoms with Crippen LogP contribution < -0.4 is 14.5 Å². The van der Waals surface area contributed by atoms with Crippen molar-refractivity contribution in [3.8, 4) is 12.1 Å². The number of aromatic nitrogens is 2. The molecule has 54 heavy (non-hydrogen) atoms. The van der Waals surface area contributed by atoms with Gasteiger partial charge in [0.05, 0.1) is 42.4 Å². The van der Waals surface area contributed by atoms with E-state index in [-0.39, 0.29) is 18.4 Å². The van der Waals surface area contributed by atoms with Crippen LogP contribution in [0.1, 0.15) is 48.9 Å². The number of piperazine rings is 1. The summed E-state index contributed by atoms with van der Waals surface area (Å²) >= 11 is 9.10. The predicted octanol–water partition coefficient (Wildman–Crippen LogP) is 7.41. The number of nitriles is 1. The lowest BCUT2D eigenvalue weighted by Gasteiger charge is -2.42. The molecule has 4 aromatic rings. The maximum atomic E-state index is 12.7. The van der Waals surface area contributed by atoms with Crippen molar-refractivity contribution in [2.24, 2.45) is 0 Å². The van der Waals surface area contributed by atoms with Crippen LogP contribution in [0, 0.1) is 14.9 Å².